The van der Waals surface area contributed by atoms with Crippen LogP contribution in [0.4, 0.5) is 0 Å². The highest BCUT2D eigenvalue weighted by Gasteiger charge is 2.38. The number of rotatable bonds is 7. The third-order valence-corrected chi connectivity index (χ3v) is 3.76. The van der Waals surface area contributed by atoms with Crippen LogP contribution in [-0.4, -0.2) is 25.2 Å². The Bertz CT molecular complexity index is 329. The van der Waals surface area contributed by atoms with Crippen LogP contribution in [-0.2, 0) is 19.1 Å². The summed E-state index contributed by atoms with van der Waals surface area (Å²) in [6, 6.07) is 0. The van der Waals surface area contributed by atoms with E-state index >= 15 is 0 Å². The van der Waals surface area contributed by atoms with E-state index in [9.17, 15) is 9.59 Å². The van der Waals surface area contributed by atoms with Gasteiger partial charge in [0.15, 0.2) is 0 Å². The van der Waals surface area contributed by atoms with Crippen molar-refractivity contribution in [3.8, 4) is 0 Å². The Morgan fingerprint density at radius 2 is 1.53 bits per heavy atom. The van der Waals surface area contributed by atoms with Crippen molar-refractivity contribution in [3.63, 3.8) is 0 Å². The minimum Gasteiger partial charge on any atom is -0.462 e. The van der Waals surface area contributed by atoms with Gasteiger partial charge in [0, 0.05) is 17.6 Å². The van der Waals surface area contributed by atoms with Crippen molar-refractivity contribution < 1.29 is 19.1 Å². The van der Waals surface area contributed by atoms with Crippen LogP contribution in [0.1, 0.15) is 32.6 Å². The lowest BCUT2D eigenvalue weighted by Crippen LogP contribution is -2.37. The lowest BCUT2D eigenvalue weighted by Gasteiger charge is -2.34. The molecule has 0 aromatic rings. The standard InChI is InChI=1S/C15H22O4/c1-4-13(16)18-10-15(3,11-19-14(17)5-2)12-8-6-7-9-12/h4-5,12H,1-2,6-11H2,3H3. The molecular formula is C15H22O4. The van der Waals surface area contributed by atoms with Gasteiger partial charge in [-0.15, -0.1) is 0 Å². The van der Waals surface area contributed by atoms with Crippen LogP contribution in [0.15, 0.2) is 25.3 Å². The summed E-state index contributed by atoms with van der Waals surface area (Å²) in [4.78, 5) is 22.4. The molecule has 0 spiro atoms. The zero-order chi connectivity index (χ0) is 14.3. The molecule has 1 rings (SSSR count). The van der Waals surface area contributed by atoms with Gasteiger partial charge in [-0.2, -0.15) is 0 Å². The number of carbonyl (C=O) groups is 2. The van der Waals surface area contributed by atoms with Crippen molar-refractivity contribution in [2.24, 2.45) is 11.3 Å². The van der Waals surface area contributed by atoms with Crippen LogP contribution in [0.2, 0.25) is 0 Å². The van der Waals surface area contributed by atoms with Gasteiger partial charge < -0.3 is 9.47 Å². The van der Waals surface area contributed by atoms with Gasteiger partial charge in [0.25, 0.3) is 0 Å². The van der Waals surface area contributed by atoms with Crippen LogP contribution >= 0.6 is 0 Å². The quantitative estimate of drug-likeness (QED) is 0.525. The fourth-order valence-electron chi connectivity index (χ4n) is 2.49. The second kappa shape index (κ2) is 7.12. The lowest BCUT2D eigenvalue weighted by molar-refractivity contribution is -0.150. The fraction of sp³-hybridized carbons (Fsp3) is 0.600. The van der Waals surface area contributed by atoms with Crippen LogP contribution in [0, 0.1) is 11.3 Å². The molecule has 0 aromatic heterocycles. The molecule has 1 saturated carbocycles. The summed E-state index contributed by atoms with van der Waals surface area (Å²) in [6.07, 6.45) is 6.79. The summed E-state index contributed by atoms with van der Waals surface area (Å²) in [7, 11) is 0. The minimum atomic E-state index is -0.445. The van der Waals surface area contributed by atoms with E-state index in [2.05, 4.69) is 13.2 Å². The Morgan fingerprint density at radius 3 is 1.89 bits per heavy atom. The molecule has 0 unspecified atom stereocenters. The van der Waals surface area contributed by atoms with Crippen LogP contribution in [0.5, 0.6) is 0 Å². The Morgan fingerprint density at radius 1 is 1.11 bits per heavy atom. The predicted octanol–water partition coefficient (Wildman–Crippen LogP) is 2.64. The fourth-order valence-corrected chi connectivity index (χ4v) is 2.49. The van der Waals surface area contributed by atoms with E-state index in [1.165, 1.54) is 12.8 Å². The normalized spacial score (nSPS) is 15.8. The number of esters is 2. The first-order valence-corrected chi connectivity index (χ1v) is 6.60. The predicted molar refractivity (Wildman–Crippen MR) is 72.4 cm³/mol. The molecule has 4 heteroatoms. The van der Waals surface area contributed by atoms with Crippen LogP contribution < -0.4 is 0 Å². The summed E-state index contributed by atoms with van der Waals surface area (Å²) in [6.45, 7) is 9.23. The Balaban J connectivity index is 2.64. The van der Waals surface area contributed by atoms with Crippen molar-refractivity contribution in [1.82, 2.24) is 0 Å². The molecule has 106 valence electrons. The average molecular weight is 266 g/mol. The second-order valence-electron chi connectivity index (χ2n) is 5.26. The molecule has 1 aliphatic rings. The summed E-state index contributed by atoms with van der Waals surface area (Å²) in [5.41, 5.74) is -0.339. The molecule has 4 nitrogen and oxygen atoms in total. The van der Waals surface area contributed by atoms with Crippen molar-refractivity contribution in [2.75, 3.05) is 13.2 Å². The van der Waals surface area contributed by atoms with Gasteiger partial charge in [-0.25, -0.2) is 9.59 Å². The number of ether oxygens (including phenoxy) is 2. The minimum absolute atomic E-state index is 0.243. The zero-order valence-corrected chi connectivity index (χ0v) is 11.5. The summed E-state index contributed by atoms with van der Waals surface area (Å²) in [5, 5.41) is 0. The van der Waals surface area contributed by atoms with E-state index in [0.717, 1.165) is 25.0 Å². The molecule has 0 amide bonds. The maximum absolute atomic E-state index is 11.2. The van der Waals surface area contributed by atoms with E-state index in [1.807, 2.05) is 6.92 Å². The molecule has 0 aromatic carbocycles. The van der Waals surface area contributed by atoms with E-state index in [4.69, 9.17) is 9.47 Å². The first kappa shape index (κ1) is 15.5. The number of carbonyl (C=O) groups excluding carboxylic acids is 2. The topological polar surface area (TPSA) is 52.6 Å². The molecule has 0 N–H and O–H groups in total. The third kappa shape index (κ3) is 4.54. The Hall–Kier alpha value is -1.58. The monoisotopic (exact) mass is 266 g/mol. The Labute approximate surface area is 114 Å². The van der Waals surface area contributed by atoms with Gasteiger partial charge in [0.2, 0.25) is 0 Å². The van der Waals surface area contributed by atoms with Gasteiger partial charge in [0.05, 0.1) is 0 Å². The summed E-state index contributed by atoms with van der Waals surface area (Å²) >= 11 is 0. The molecule has 0 radical (unpaired) electrons. The highest BCUT2D eigenvalue weighted by molar-refractivity contribution is 5.81. The molecule has 0 bridgehead atoms. The molecule has 1 aliphatic carbocycles. The van der Waals surface area contributed by atoms with Crippen LogP contribution in [0.25, 0.3) is 0 Å². The van der Waals surface area contributed by atoms with Crippen molar-refractivity contribution in [3.05, 3.63) is 25.3 Å². The molecular weight excluding hydrogens is 244 g/mol. The molecule has 1 fully saturated rings. The largest absolute Gasteiger partial charge is 0.462 e. The maximum atomic E-state index is 11.2. The third-order valence-electron chi connectivity index (χ3n) is 3.76. The van der Waals surface area contributed by atoms with E-state index < -0.39 is 11.9 Å². The molecule has 0 saturated heterocycles. The van der Waals surface area contributed by atoms with Gasteiger partial charge in [-0.1, -0.05) is 32.9 Å². The lowest BCUT2D eigenvalue weighted by atomic mass is 9.77. The van der Waals surface area contributed by atoms with E-state index in [-0.39, 0.29) is 18.6 Å². The molecule has 0 aliphatic heterocycles. The summed E-state index contributed by atoms with van der Waals surface area (Å²) in [5.74, 6) is -0.485. The molecule has 19 heavy (non-hydrogen) atoms. The smallest absolute Gasteiger partial charge is 0.330 e. The highest BCUT2D eigenvalue weighted by atomic mass is 16.5. The maximum Gasteiger partial charge on any atom is 0.330 e. The van der Waals surface area contributed by atoms with Gasteiger partial charge in [0.1, 0.15) is 13.2 Å². The summed E-state index contributed by atoms with van der Waals surface area (Å²) < 4.78 is 10.3. The van der Waals surface area contributed by atoms with Crippen LogP contribution in [0.3, 0.4) is 0 Å². The highest BCUT2D eigenvalue weighted by Crippen LogP contribution is 2.40. The first-order chi connectivity index (χ1) is 9.01. The van der Waals surface area contributed by atoms with Crippen molar-refractivity contribution in [2.45, 2.75) is 32.6 Å². The van der Waals surface area contributed by atoms with E-state index in [0.29, 0.717) is 5.92 Å². The SMILES string of the molecule is C=CC(=O)OCC(C)(COC(=O)C=C)C1CCCC1. The first-order valence-electron chi connectivity index (χ1n) is 6.60. The average Bonchev–Trinajstić information content (AvgIpc) is 2.96. The Kier molecular flexibility index (Phi) is 5.80. The number of hydrogen-bond donors (Lipinski definition) is 0. The zero-order valence-electron chi connectivity index (χ0n) is 11.5. The molecule has 0 atom stereocenters. The van der Waals surface area contributed by atoms with E-state index in [1.54, 1.807) is 0 Å². The molecule has 0 heterocycles. The second-order valence-corrected chi connectivity index (χ2v) is 5.26. The van der Waals surface area contributed by atoms with Crippen molar-refractivity contribution in [1.29, 1.82) is 0 Å². The number of hydrogen-bond acceptors (Lipinski definition) is 4. The van der Waals surface area contributed by atoms with Gasteiger partial charge in [-0.3, -0.25) is 0 Å². The van der Waals surface area contributed by atoms with Gasteiger partial charge in [-0.05, 0) is 18.8 Å². The van der Waals surface area contributed by atoms with Crippen molar-refractivity contribution >= 4 is 11.9 Å². The van der Waals surface area contributed by atoms with Gasteiger partial charge >= 0.3 is 11.9 Å².